The molecule has 162 valence electrons. The maximum atomic E-state index is 13.1. The zero-order chi connectivity index (χ0) is 22.3. The fourth-order valence-electron chi connectivity index (χ4n) is 2.82. The average Bonchev–Trinajstić information content (AvgIpc) is 2.91. The SMILES string of the molecule is CCS(=O)(=O)N(c1cc(-n2nc(C)n(C(F)F)c2=O)c(C)cc1C)S(=O)(=O)CC. The Morgan fingerprint density at radius 2 is 1.52 bits per heavy atom. The zero-order valence-corrected chi connectivity index (χ0v) is 18.2. The molecule has 0 aliphatic rings. The molecule has 0 saturated heterocycles. The van der Waals surface area contributed by atoms with Gasteiger partial charge >= 0.3 is 12.2 Å². The Morgan fingerprint density at radius 3 is 1.93 bits per heavy atom. The van der Waals surface area contributed by atoms with Crippen molar-refractivity contribution in [2.24, 2.45) is 0 Å². The minimum Gasteiger partial charge on any atom is -0.245 e. The molecule has 1 heterocycles. The second kappa shape index (κ2) is 7.86. The standard InChI is InChI=1S/C16H22F2N4O5S2/c1-6-28(24,25)22(29(26,27)7-2)14-9-13(10(3)8-11(14)4)21-16(23)20(15(17)18)12(5)19-21/h8-9,15H,6-7H2,1-5H3. The van der Waals surface area contributed by atoms with E-state index in [4.69, 9.17) is 0 Å². The van der Waals surface area contributed by atoms with Gasteiger partial charge in [-0.25, -0.2) is 26.2 Å². The van der Waals surface area contributed by atoms with Crippen LogP contribution >= 0.6 is 0 Å². The fraction of sp³-hybridized carbons (Fsp3) is 0.500. The molecule has 2 aromatic rings. The van der Waals surface area contributed by atoms with Gasteiger partial charge < -0.3 is 0 Å². The molecule has 9 nitrogen and oxygen atoms in total. The molecule has 0 aliphatic heterocycles. The van der Waals surface area contributed by atoms with Crippen molar-refractivity contribution in [3.63, 3.8) is 0 Å². The third-order valence-electron chi connectivity index (χ3n) is 4.35. The molecule has 0 amide bonds. The van der Waals surface area contributed by atoms with Crippen molar-refractivity contribution >= 4 is 25.7 Å². The van der Waals surface area contributed by atoms with Gasteiger partial charge in [-0.1, -0.05) is 6.07 Å². The lowest BCUT2D eigenvalue weighted by molar-refractivity contribution is 0.0640. The van der Waals surface area contributed by atoms with Gasteiger partial charge in [-0.2, -0.15) is 22.3 Å². The van der Waals surface area contributed by atoms with E-state index in [1.165, 1.54) is 33.8 Å². The molecule has 0 atom stereocenters. The number of rotatable bonds is 7. The Morgan fingerprint density at radius 1 is 1.00 bits per heavy atom. The Hall–Kier alpha value is -2.28. The summed E-state index contributed by atoms with van der Waals surface area (Å²) in [5.74, 6) is -1.20. The molecule has 29 heavy (non-hydrogen) atoms. The van der Waals surface area contributed by atoms with Crippen LogP contribution in [0.15, 0.2) is 16.9 Å². The molecule has 0 spiro atoms. The summed E-state index contributed by atoms with van der Waals surface area (Å²) in [5.41, 5.74) is -0.571. The minimum absolute atomic E-state index is 0.000654. The van der Waals surface area contributed by atoms with Crippen LogP contribution < -0.4 is 9.40 Å². The van der Waals surface area contributed by atoms with E-state index in [9.17, 15) is 30.4 Å². The summed E-state index contributed by atoms with van der Waals surface area (Å²) in [5, 5.41) is 3.83. The summed E-state index contributed by atoms with van der Waals surface area (Å²) in [7, 11) is -8.46. The second-order valence-electron chi connectivity index (χ2n) is 6.31. The van der Waals surface area contributed by atoms with Gasteiger partial charge in [-0.3, -0.25) is 0 Å². The van der Waals surface area contributed by atoms with Crippen LogP contribution in [-0.4, -0.2) is 42.7 Å². The van der Waals surface area contributed by atoms with Crippen molar-refractivity contribution in [3.05, 3.63) is 39.6 Å². The van der Waals surface area contributed by atoms with Crippen LogP contribution in [0.2, 0.25) is 0 Å². The first kappa shape index (κ1) is 23.0. The molecule has 1 aromatic carbocycles. The summed E-state index contributed by atoms with van der Waals surface area (Å²) in [4.78, 5) is 12.4. The first-order valence-electron chi connectivity index (χ1n) is 8.62. The molecular weight excluding hydrogens is 430 g/mol. The normalized spacial score (nSPS) is 12.6. The number of hydrogen-bond acceptors (Lipinski definition) is 6. The van der Waals surface area contributed by atoms with Crippen LogP contribution in [0.5, 0.6) is 0 Å². The Kier molecular flexibility index (Phi) is 6.23. The highest BCUT2D eigenvalue weighted by atomic mass is 32.3. The van der Waals surface area contributed by atoms with Crippen LogP contribution in [0, 0.1) is 20.8 Å². The van der Waals surface area contributed by atoms with Gasteiger partial charge in [0.2, 0.25) is 20.0 Å². The van der Waals surface area contributed by atoms with Crippen molar-refractivity contribution in [1.29, 1.82) is 0 Å². The number of anilines is 1. The van der Waals surface area contributed by atoms with Gasteiger partial charge in [-0.05, 0) is 51.8 Å². The number of halogens is 2. The largest absolute Gasteiger partial charge is 0.355 e. The maximum Gasteiger partial charge on any atom is 0.355 e. The number of aromatic nitrogens is 3. The maximum absolute atomic E-state index is 13.1. The zero-order valence-electron chi connectivity index (χ0n) is 16.5. The second-order valence-corrected chi connectivity index (χ2v) is 10.8. The summed E-state index contributed by atoms with van der Waals surface area (Å²) in [6.07, 6.45) is 0. The molecule has 0 radical (unpaired) electrons. The monoisotopic (exact) mass is 452 g/mol. The first-order chi connectivity index (χ1) is 13.3. The molecule has 0 unspecified atom stereocenters. The van der Waals surface area contributed by atoms with Crippen LogP contribution in [0.3, 0.4) is 0 Å². The number of hydrogen-bond donors (Lipinski definition) is 0. The molecule has 0 bridgehead atoms. The summed E-state index contributed by atoms with van der Waals surface area (Å²) in [6, 6.07) is 2.63. The number of nitrogens with zero attached hydrogens (tertiary/aromatic N) is 4. The molecule has 1 aromatic heterocycles. The summed E-state index contributed by atoms with van der Waals surface area (Å²) in [6.45, 7) is 3.80. The van der Waals surface area contributed by atoms with Crippen molar-refractivity contribution in [2.75, 3.05) is 15.2 Å². The lowest BCUT2D eigenvalue weighted by atomic mass is 10.1. The quantitative estimate of drug-likeness (QED) is 0.634. The van der Waals surface area contributed by atoms with Crippen LogP contribution in [0.1, 0.15) is 37.3 Å². The van der Waals surface area contributed by atoms with Gasteiger partial charge in [0.1, 0.15) is 5.82 Å². The molecule has 0 aliphatic carbocycles. The van der Waals surface area contributed by atoms with E-state index in [0.29, 0.717) is 19.5 Å². The Labute approximate surface area is 167 Å². The van der Waals surface area contributed by atoms with Crippen LogP contribution in [0.4, 0.5) is 14.5 Å². The number of sulfonamides is 2. The lowest BCUT2D eigenvalue weighted by Gasteiger charge is -2.25. The average molecular weight is 453 g/mol. The molecule has 0 N–H and O–H groups in total. The summed E-state index contributed by atoms with van der Waals surface area (Å²) >= 11 is 0. The van der Waals surface area contributed by atoms with Crippen molar-refractivity contribution < 1.29 is 25.6 Å². The lowest BCUT2D eigenvalue weighted by Crippen LogP contribution is -2.39. The van der Waals surface area contributed by atoms with Gasteiger partial charge in [0.15, 0.2) is 0 Å². The molecule has 2 rings (SSSR count). The number of alkyl halides is 2. The van der Waals surface area contributed by atoms with E-state index in [2.05, 4.69) is 5.10 Å². The van der Waals surface area contributed by atoms with E-state index in [0.717, 1.165) is 6.07 Å². The predicted molar refractivity (Wildman–Crippen MR) is 105 cm³/mol. The molecule has 0 saturated carbocycles. The smallest absolute Gasteiger partial charge is 0.245 e. The highest BCUT2D eigenvalue weighted by Gasteiger charge is 2.33. The third kappa shape index (κ3) is 4.06. The van der Waals surface area contributed by atoms with Gasteiger partial charge in [0, 0.05) is 0 Å². The minimum atomic E-state index is -4.23. The van der Waals surface area contributed by atoms with Gasteiger partial charge in [-0.15, -0.1) is 0 Å². The van der Waals surface area contributed by atoms with Crippen LogP contribution in [0.25, 0.3) is 5.69 Å². The number of benzene rings is 1. The van der Waals surface area contributed by atoms with Crippen molar-refractivity contribution in [2.45, 2.75) is 41.2 Å². The van der Waals surface area contributed by atoms with E-state index in [1.54, 1.807) is 6.92 Å². The third-order valence-corrected chi connectivity index (χ3v) is 8.58. The molecule has 13 heteroatoms. The van der Waals surface area contributed by atoms with Gasteiger partial charge in [0.25, 0.3) is 0 Å². The molecule has 0 fully saturated rings. The van der Waals surface area contributed by atoms with Crippen LogP contribution in [-0.2, 0) is 20.0 Å². The topological polar surface area (TPSA) is 111 Å². The van der Waals surface area contributed by atoms with Crippen molar-refractivity contribution in [1.82, 2.24) is 14.3 Å². The van der Waals surface area contributed by atoms with E-state index >= 15 is 0 Å². The highest BCUT2D eigenvalue weighted by molar-refractivity contribution is 8.10. The Balaban J connectivity index is 2.88. The van der Waals surface area contributed by atoms with Gasteiger partial charge in [0.05, 0.1) is 22.9 Å². The molecular formula is C16H22F2N4O5S2. The van der Waals surface area contributed by atoms with Crippen molar-refractivity contribution in [3.8, 4) is 5.69 Å². The highest BCUT2D eigenvalue weighted by Crippen LogP contribution is 2.31. The Bertz CT molecular complexity index is 1170. The predicted octanol–water partition coefficient (Wildman–Crippen LogP) is 1.86. The first-order valence-corrected chi connectivity index (χ1v) is 11.8. The van der Waals surface area contributed by atoms with E-state index in [-0.39, 0.29) is 21.8 Å². The van der Waals surface area contributed by atoms with E-state index in [1.807, 2.05) is 0 Å². The number of aryl methyl sites for hydroxylation is 3. The van der Waals surface area contributed by atoms with E-state index < -0.39 is 43.8 Å². The summed E-state index contributed by atoms with van der Waals surface area (Å²) < 4.78 is 77.8. The fourth-order valence-corrected chi connectivity index (χ4v) is 6.30.